The molecule has 1 atom stereocenters. The number of hydrogen-bond acceptors (Lipinski definition) is 1. The summed E-state index contributed by atoms with van der Waals surface area (Å²) in [6.45, 7) is 2.89. The van der Waals surface area contributed by atoms with Gasteiger partial charge < -0.3 is 4.90 Å². The standard InChI is InChI=1S/C13H13ClINO/c1-7(8-2-3-8)16-6-9-4-10(14)5-11(15)12(9)13(16)17/h4-5,7-8H,2-3,6H2,1H3. The Labute approximate surface area is 119 Å². The molecule has 1 aliphatic carbocycles. The van der Waals surface area contributed by atoms with Crippen molar-refractivity contribution in [3.05, 3.63) is 31.9 Å². The quantitative estimate of drug-likeness (QED) is 0.736. The highest BCUT2D eigenvalue weighted by Crippen LogP contribution is 2.39. The lowest BCUT2D eigenvalue weighted by molar-refractivity contribution is 0.0697. The molecule has 0 spiro atoms. The first-order valence-electron chi connectivity index (χ1n) is 5.87. The van der Waals surface area contributed by atoms with E-state index in [1.54, 1.807) is 0 Å². The first-order chi connectivity index (χ1) is 8.08. The van der Waals surface area contributed by atoms with Crippen molar-refractivity contribution in [2.45, 2.75) is 32.4 Å². The van der Waals surface area contributed by atoms with E-state index in [2.05, 4.69) is 29.5 Å². The highest BCUT2D eigenvalue weighted by Gasteiger charge is 2.39. The third kappa shape index (κ3) is 1.97. The fourth-order valence-corrected chi connectivity index (χ4v) is 3.89. The largest absolute Gasteiger partial charge is 0.331 e. The zero-order valence-corrected chi connectivity index (χ0v) is 12.5. The summed E-state index contributed by atoms with van der Waals surface area (Å²) < 4.78 is 0.973. The minimum absolute atomic E-state index is 0.181. The summed E-state index contributed by atoms with van der Waals surface area (Å²) in [5.74, 6) is 0.891. The van der Waals surface area contributed by atoms with E-state index in [1.807, 2.05) is 17.0 Å². The molecule has 1 aliphatic heterocycles. The molecule has 1 fully saturated rings. The van der Waals surface area contributed by atoms with Crippen molar-refractivity contribution in [3.63, 3.8) is 0 Å². The number of rotatable bonds is 2. The number of benzene rings is 1. The van der Waals surface area contributed by atoms with Crippen LogP contribution >= 0.6 is 34.2 Å². The van der Waals surface area contributed by atoms with Gasteiger partial charge in [0.15, 0.2) is 0 Å². The highest BCUT2D eigenvalue weighted by molar-refractivity contribution is 14.1. The molecule has 1 saturated carbocycles. The minimum atomic E-state index is 0.181. The highest BCUT2D eigenvalue weighted by atomic mass is 127. The van der Waals surface area contributed by atoms with Gasteiger partial charge in [-0.2, -0.15) is 0 Å². The van der Waals surface area contributed by atoms with Gasteiger partial charge in [-0.25, -0.2) is 0 Å². The molecule has 0 bridgehead atoms. The van der Waals surface area contributed by atoms with Crippen molar-refractivity contribution in [1.82, 2.24) is 4.90 Å². The molecule has 0 radical (unpaired) electrons. The molecular weight excluding hydrogens is 349 g/mol. The summed E-state index contributed by atoms with van der Waals surface area (Å²) in [6, 6.07) is 4.16. The van der Waals surface area contributed by atoms with Crippen LogP contribution in [0.25, 0.3) is 0 Å². The van der Waals surface area contributed by atoms with Crippen LogP contribution in [0.3, 0.4) is 0 Å². The zero-order valence-electron chi connectivity index (χ0n) is 9.54. The second-order valence-corrected chi connectivity index (χ2v) is 6.53. The van der Waals surface area contributed by atoms with Crippen LogP contribution in [0.15, 0.2) is 12.1 Å². The smallest absolute Gasteiger partial charge is 0.255 e. The van der Waals surface area contributed by atoms with E-state index in [1.165, 1.54) is 12.8 Å². The normalized spacial score (nSPS) is 20.6. The predicted molar refractivity (Wildman–Crippen MR) is 76.2 cm³/mol. The third-order valence-electron chi connectivity index (χ3n) is 3.75. The summed E-state index contributed by atoms with van der Waals surface area (Å²) in [6.07, 6.45) is 2.53. The number of halogens is 2. The van der Waals surface area contributed by atoms with Crippen LogP contribution < -0.4 is 0 Å². The predicted octanol–water partition coefficient (Wildman–Crippen LogP) is 3.70. The fraction of sp³-hybridized carbons (Fsp3) is 0.462. The summed E-state index contributed by atoms with van der Waals surface area (Å²) in [4.78, 5) is 14.4. The van der Waals surface area contributed by atoms with Gasteiger partial charge in [-0.15, -0.1) is 0 Å². The lowest BCUT2D eigenvalue weighted by Crippen LogP contribution is -2.34. The third-order valence-corrected chi connectivity index (χ3v) is 4.82. The van der Waals surface area contributed by atoms with Gasteiger partial charge in [0.2, 0.25) is 0 Å². The van der Waals surface area contributed by atoms with Gasteiger partial charge in [0.05, 0.1) is 5.56 Å². The average molecular weight is 362 g/mol. The van der Waals surface area contributed by atoms with Crippen molar-refractivity contribution < 1.29 is 4.79 Å². The second kappa shape index (κ2) is 4.12. The van der Waals surface area contributed by atoms with E-state index in [4.69, 9.17) is 11.6 Å². The maximum Gasteiger partial charge on any atom is 0.255 e. The Morgan fingerprint density at radius 3 is 2.82 bits per heavy atom. The van der Waals surface area contributed by atoms with Gasteiger partial charge in [0.1, 0.15) is 0 Å². The molecule has 0 N–H and O–H groups in total. The molecule has 1 amide bonds. The van der Waals surface area contributed by atoms with Gasteiger partial charge in [0.25, 0.3) is 5.91 Å². The summed E-state index contributed by atoms with van der Waals surface area (Å²) in [7, 11) is 0. The molecule has 2 aliphatic rings. The molecule has 2 nitrogen and oxygen atoms in total. The van der Waals surface area contributed by atoms with E-state index in [9.17, 15) is 4.79 Å². The molecule has 3 rings (SSSR count). The van der Waals surface area contributed by atoms with E-state index < -0.39 is 0 Å². The Morgan fingerprint density at radius 1 is 1.47 bits per heavy atom. The van der Waals surface area contributed by atoms with Gasteiger partial charge >= 0.3 is 0 Å². The van der Waals surface area contributed by atoms with Crippen LogP contribution in [0.4, 0.5) is 0 Å². The lowest BCUT2D eigenvalue weighted by atomic mass is 10.1. The van der Waals surface area contributed by atoms with Crippen LogP contribution in [0.2, 0.25) is 5.02 Å². The molecule has 1 aromatic rings. The van der Waals surface area contributed by atoms with Gasteiger partial charge in [-0.3, -0.25) is 4.79 Å². The Hall–Kier alpha value is -0.290. The molecule has 0 aromatic heterocycles. The molecule has 17 heavy (non-hydrogen) atoms. The van der Waals surface area contributed by atoms with Crippen LogP contribution in [0.5, 0.6) is 0 Å². The van der Waals surface area contributed by atoms with Crippen molar-refractivity contribution in [3.8, 4) is 0 Å². The summed E-state index contributed by atoms with van der Waals surface area (Å²) in [5, 5.41) is 0.724. The number of fused-ring (bicyclic) bond motifs is 1. The van der Waals surface area contributed by atoms with Crippen molar-refractivity contribution in [2.75, 3.05) is 0 Å². The molecule has 1 aromatic carbocycles. The topological polar surface area (TPSA) is 20.3 Å². The van der Waals surface area contributed by atoms with Crippen LogP contribution in [0, 0.1) is 9.49 Å². The van der Waals surface area contributed by atoms with Gasteiger partial charge in [0, 0.05) is 21.2 Å². The fourth-order valence-electron chi connectivity index (χ4n) is 2.55. The van der Waals surface area contributed by atoms with E-state index in [0.717, 1.165) is 26.3 Å². The Morgan fingerprint density at radius 2 is 2.18 bits per heavy atom. The molecule has 1 heterocycles. The van der Waals surface area contributed by atoms with Crippen molar-refractivity contribution >= 4 is 40.1 Å². The van der Waals surface area contributed by atoms with Crippen molar-refractivity contribution in [1.29, 1.82) is 0 Å². The first kappa shape index (κ1) is 11.8. The van der Waals surface area contributed by atoms with E-state index in [0.29, 0.717) is 12.0 Å². The monoisotopic (exact) mass is 361 g/mol. The van der Waals surface area contributed by atoms with E-state index >= 15 is 0 Å². The maximum absolute atomic E-state index is 12.4. The maximum atomic E-state index is 12.4. The van der Waals surface area contributed by atoms with Crippen molar-refractivity contribution in [2.24, 2.45) is 5.92 Å². The first-order valence-corrected chi connectivity index (χ1v) is 7.32. The van der Waals surface area contributed by atoms with E-state index in [-0.39, 0.29) is 5.91 Å². The van der Waals surface area contributed by atoms with Crippen LogP contribution in [-0.4, -0.2) is 16.8 Å². The number of hydrogen-bond donors (Lipinski definition) is 0. The molecule has 0 saturated heterocycles. The van der Waals surface area contributed by atoms with Crippen LogP contribution in [0.1, 0.15) is 35.7 Å². The minimum Gasteiger partial charge on any atom is -0.331 e. The van der Waals surface area contributed by atoms with Crippen LogP contribution in [-0.2, 0) is 6.54 Å². The SMILES string of the molecule is CC(C1CC1)N1Cc2cc(Cl)cc(I)c2C1=O. The summed E-state index contributed by atoms with van der Waals surface area (Å²) in [5.41, 5.74) is 1.95. The van der Waals surface area contributed by atoms with Gasteiger partial charge in [-0.1, -0.05) is 11.6 Å². The number of carbonyl (C=O) groups is 1. The molecule has 1 unspecified atom stereocenters. The number of carbonyl (C=O) groups excluding carboxylic acids is 1. The second-order valence-electron chi connectivity index (χ2n) is 4.93. The Balaban J connectivity index is 1.96. The zero-order chi connectivity index (χ0) is 12.2. The number of amides is 1. The molecule has 90 valence electrons. The molecular formula is C13H13ClINO. The lowest BCUT2D eigenvalue weighted by Gasteiger charge is -2.23. The Bertz CT molecular complexity index is 498. The molecule has 4 heteroatoms. The average Bonchev–Trinajstić information content (AvgIpc) is 3.03. The summed E-state index contributed by atoms with van der Waals surface area (Å²) >= 11 is 8.25. The van der Waals surface area contributed by atoms with Gasteiger partial charge in [-0.05, 0) is 66.0 Å². The number of nitrogens with zero attached hydrogens (tertiary/aromatic N) is 1. The Kier molecular flexibility index (Phi) is 2.86.